The highest BCUT2D eigenvalue weighted by Gasteiger charge is 2.15. The highest BCUT2D eigenvalue weighted by Crippen LogP contribution is 2.18. The second-order valence-corrected chi connectivity index (χ2v) is 5.38. The molecule has 0 spiro atoms. The van der Waals surface area contributed by atoms with Gasteiger partial charge in [-0.15, -0.1) is 0 Å². The van der Waals surface area contributed by atoms with Gasteiger partial charge in [-0.05, 0) is 36.2 Å². The van der Waals surface area contributed by atoms with Gasteiger partial charge in [-0.3, -0.25) is 4.79 Å². The van der Waals surface area contributed by atoms with Crippen LogP contribution in [0, 0.1) is 0 Å². The monoisotopic (exact) mass is 268 g/mol. The van der Waals surface area contributed by atoms with Crippen LogP contribution in [0.1, 0.15) is 29.6 Å². The Morgan fingerprint density at radius 2 is 2.00 bits per heavy atom. The van der Waals surface area contributed by atoms with Crippen molar-refractivity contribution in [1.29, 1.82) is 0 Å². The molecule has 1 unspecified atom stereocenters. The van der Waals surface area contributed by atoms with Gasteiger partial charge in [0.05, 0.1) is 0 Å². The number of rotatable bonds is 3. The zero-order chi connectivity index (χ0) is 13.8. The SMILES string of the molecule is O=C(NCC1CCCCN1)c1cccc2ccccc12. The summed E-state index contributed by atoms with van der Waals surface area (Å²) >= 11 is 0. The molecule has 0 aliphatic carbocycles. The van der Waals surface area contributed by atoms with Gasteiger partial charge in [-0.1, -0.05) is 42.8 Å². The van der Waals surface area contributed by atoms with Crippen LogP contribution in [0.25, 0.3) is 10.8 Å². The minimum Gasteiger partial charge on any atom is -0.350 e. The first-order valence-electron chi connectivity index (χ1n) is 7.34. The molecule has 1 atom stereocenters. The zero-order valence-corrected chi connectivity index (χ0v) is 11.6. The Bertz CT molecular complexity index is 597. The van der Waals surface area contributed by atoms with Gasteiger partial charge in [0, 0.05) is 18.2 Å². The van der Waals surface area contributed by atoms with Crippen molar-refractivity contribution in [1.82, 2.24) is 10.6 Å². The van der Waals surface area contributed by atoms with Crippen LogP contribution in [0.15, 0.2) is 42.5 Å². The molecule has 1 amide bonds. The average Bonchev–Trinajstić information content (AvgIpc) is 2.53. The Morgan fingerprint density at radius 1 is 1.15 bits per heavy atom. The van der Waals surface area contributed by atoms with E-state index in [1.54, 1.807) is 0 Å². The summed E-state index contributed by atoms with van der Waals surface area (Å²) in [6.45, 7) is 1.77. The maximum Gasteiger partial charge on any atom is 0.251 e. The fourth-order valence-corrected chi connectivity index (χ4v) is 2.83. The van der Waals surface area contributed by atoms with Gasteiger partial charge in [0.1, 0.15) is 0 Å². The number of carbonyl (C=O) groups excluding carboxylic acids is 1. The van der Waals surface area contributed by atoms with Crippen molar-refractivity contribution >= 4 is 16.7 Å². The quantitative estimate of drug-likeness (QED) is 0.898. The summed E-state index contributed by atoms with van der Waals surface area (Å²) < 4.78 is 0. The maximum absolute atomic E-state index is 12.4. The van der Waals surface area contributed by atoms with E-state index in [1.165, 1.54) is 12.8 Å². The lowest BCUT2D eigenvalue weighted by Gasteiger charge is -2.23. The number of amides is 1. The Kier molecular flexibility index (Phi) is 3.97. The molecule has 3 nitrogen and oxygen atoms in total. The molecular weight excluding hydrogens is 248 g/mol. The lowest BCUT2D eigenvalue weighted by atomic mass is 10.0. The summed E-state index contributed by atoms with van der Waals surface area (Å²) in [5.74, 6) is 0.0224. The summed E-state index contributed by atoms with van der Waals surface area (Å²) in [4.78, 5) is 12.4. The molecule has 0 aromatic heterocycles. The molecule has 0 saturated carbocycles. The predicted molar refractivity (Wildman–Crippen MR) is 81.9 cm³/mol. The molecule has 3 heteroatoms. The molecule has 1 heterocycles. The van der Waals surface area contributed by atoms with Crippen molar-refractivity contribution in [2.45, 2.75) is 25.3 Å². The molecule has 0 radical (unpaired) electrons. The molecule has 104 valence electrons. The van der Waals surface area contributed by atoms with Gasteiger partial charge in [0.2, 0.25) is 0 Å². The smallest absolute Gasteiger partial charge is 0.251 e. The van der Waals surface area contributed by atoms with Crippen molar-refractivity contribution < 1.29 is 4.79 Å². The minimum absolute atomic E-state index is 0.0224. The highest BCUT2D eigenvalue weighted by molar-refractivity contribution is 6.06. The van der Waals surface area contributed by atoms with Crippen molar-refractivity contribution in [2.24, 2.45) is 0 Å². The van der Waals surface area contributed by atoms with E-state index in [4.69, 9.17) is 0 Å². The number of carbonyl (C=O) groups is 1. The Labute approximate surface area is 119 Å². The van der Waals surface area contributed by atoms with Crippen LogP contribution in [0.5, 0.6) is 0 Å². The van der Waals surface area contributed by atoms with Gasteiger partial charge < -0.3 is 10.6 Å². The van der Waals surface area contributed by atoms with Gasteiger partial charge >= 0.3 is 0 Å². The fraction of sp³-hybridized carbons (Fsp3) is 0.353. The first-order valence-corrected chi connectivity index (χ1v) is 7.34. The molecule has 1 aliphatic rings. The predicted octanol–water partition coefficient (Wildman–Crippen LogP) is 2.71. The van der Waals surface area contributed by atoms with E-state index >= 15 is 0 Å². The van der Waals surface area contributed by atoms with Gasteiger partial charge in [-0.25, -0.2) is 0 Å². The lowest BCUT2D eigenvalue weighted by molar-refractivity contribution is 0.0949. The molecule has 1 fully saturated rings. The summed E-state index contributed by atoms with van der Waals surface area (Å²) in [7, 11) is 0. The third-order valence-electron chi connectivity index (χ3n) is 3.96. The second-order valence-electron chi connectivity index (χ2n) is 5.38. The van der Waals surface area contributed by atoms with Crippen LogP contribution < -0.4 is 10.6 Å². The Balaban J connectivity index is 1.72. The topological polar surface area (TPSA) is 41.1 Å². The van der Waals surface area contributed by atoms with Crippen molar-refractivity contribution in [3.8, 4) is 0 Å². The Hall–Kier alpha value is -1.87. The first-order chi connectivity index (χ1) is 9.84. The van der Waals surface area contributed by atoms with Crippen LogP contribution >= 0.6 is 0 Å². The standard InChI is InChI=1S/C17H20N2O/c20-17(19-12-14-8-3-4-11-18-14)16-10-5-7-13-6-1-2-9-15(13)16/h1-2,5-7,9-10,14,18H,3-4,8,11-12H2,(H,19,20). The van der Waals surface area contributed by atoms with Gasteiger partial charge in [0.25, 0.3) is 5.91 Å². The number of nitrogens with one attached hydrogen (secondary N) is 2. The summed E-state index contributed by atoms with van der Waals surface area (Å²) in [5, 5.41) is 8.63. The van der Waals surface area contributed by atoms with E-state index in [-0.39, 0.29) is 5.91 Å². The van der Waals surface area contributed by atoms with Crippen LogP contribution in [-0.4, -0.2) is 25.0 Å². The molecule has 2 aromatic carbocycles. The highest BCUT2D eigenvalue weighted by atomic mass is 16.1. The van der Waals surface area contributed by atoms with Crippen LogP contribution in [0.4, 0.5) is 0 Å². The van der Waals surface area contributed by atoms with E-state index in [1.807, 2.05) is 42.5 Å². The van der Waals surface area contributed by atoms with E-state index < -0.39 is 0 Å². The van der Waals surface area contributed by atoms with E-state index in [9.17, 15) is 4.79 Å². The number of fused-ring (bicyclic) bond motifs is 1. The fourth-order valence-electron chi connectivity index (χ4n) is 2.83. The summed E-state index contributed by atoms with van der Waals surface area (Å²) in [6.07, 6.45) is 3.64. The number of hydrogen-bond donors (Lipinski definition) is 2. The summed E-state index contributed by atoms with van der Waals surface area (Å²) in [6, 6.07) is 14.3. The zero-order valence-electron chi connectivity index (χ0n) is 11.6. The molecule has 1 aliphatic heterocycles. The number of benzene rings is 2. The molecular formula is C17H20N2O. The van der Waals surface area contributed by atoms with Crippen molar-refractivity contribution in [2.75, 3.05) is 13.1 Å². The van der Waals surface area contributed by atoms with Gasteiger partial charge in [-0.2, -0.15) is 0 Å². The van der Waals surface area contributed by atoms with E-state index in [0.717, 1.165) is 29.3 Å². The molecule has 0 bridgehead atoms. The van der Waals surface area contributed by atoms with E-state index in [0.29, 0.717) is 12.6 Å². The van der Waals surface area contributed by atoms with Crippen LogP contribution in [0.3, 0.4) is 0 Å². The largest absolute Gasteiger partial charge is 0.350 e. The first kappa shape index (κ1) is 13.1. The van der Waals surface area contributed by atoms with Gasteiger partial charge in [0.15, 0.2) is 0 Å². The third kappa shape index (κ3) is 2.83. The van der Waals surface area contributed by atoms with Crippen molar-refractivity contribution in [3.63, 3.8) is 0 Å². The molecule has 2 aromatic rings. The summed E-state index contributed by atoms with van der Waals surface area (Å²) in [5.41, 5.74) is 0.763. The maximum atomic E-state index is 12.4. The van der Waals surface area contributed by atoms with E-state index in [2.05, 4.69) is 10.6 Å². The van der Waals surface area contributed by atoms with Crippen LogP contribution in [0.2, 0.25) is 0 Å². The average molecular weight is 268 g/mol. The molecule has 2 N–H and O–H groups in total. The van der Waals surface area contributed by atoms with Crippen molar-refractivity contribution in [3.05, 3.63) is 48.0 Å². The Morgan fingerprint density at radius 3 is 2.85 bits per heavy atom. The second kappa shape index (κ2) is 6.06. The minimum atomic E-state index is 0.0224. The molecule has 1 saturated heterocycles. The third-order valence-corrected chi connectivity index (χ3v) is 3.96. The number of hydrogen-bond acceptors (Lipinski definition) is 2. The number of piperidine rings is 1. The normalized spacial score (nSPS) is 18.9. The van der Waals surface area contributed by atoms with Crippen LogP contribution in [-0.2, 0) is 0 Å². The lowest BCUT2D eigenvalue weighted by Crippen LogP contribution is -2.43. The molecule has 3 rings (SSSR count). The molecule has 20 heavy (non-hydrogen) atoms.